The summed E-state index contributed by atoms with van der Waals surface area (Å²) in [6.45, 7) is 4.09. The van der Waals surface area contributed by atoms with E-state index < -0.39 is 4.75 Å². The molecule has 0 aliphatic carbocycles. The number of carbonyl (C=O) groups excluding carboxylic acids is 2. The second kappa shape index (κ2) is 11.7. The molecule has 0 saturated carbocycles. The van der Waals surface area contributed by atoms with Crippen LogP contribution in [0.2, 0.25) is 0 Å². The first kappa shape index (κ1) is 22.1. The van der Waals surface area contributed by atoms with Crippen LogP contribution < -0.4 is 4.74 Å². The summed E-state index contributed by atoms with van der Waals surface area (Å²) in [7, 11) is 0. The lowest BCUT2D eigenvalue weighted by Gasteiger charge is -2.15. The lowest BCUT2D eigenvalue weighted by Crippen LogP contribution is -2.14. The molecule has 0 N–H and O–H groups in total. The maximum atomic E-state index is 11.5. The molecular formula is C19H23NO4S2. The van der Waals surface area contributed by atoms with Crippen LogP contribution in [0.3, 0.4) is 0 Å². The van der Waals surface area contributed by atoms with Crippen molar-refractivity contribution in [3.05, 3.63) is 29.8 Å². The summed E-state index contributed by atoms with van der Waals surface area (Å²) < 4.78 is 10.7. The number of carbonyl (C=O) groups is 2. The van der Waals surface area contributed by atoms with Gasteiger partial charge in [0.1, 0.15) is 30.0 Å². The van der Waals surface area contributed by atoms with Gasteiger partial charge in [0.25, 0.3) is 0 Å². The summed E-state index contributed by atoms with van der Waals surface area (Å²) in [6.07, 6.45) is 2.99. The number of nitriles is 1. The van der Waals surface area contributed by atoms with E-state index >= 15 is 0 Å². The number of unbranched alkanes of at least 4 members (excludes halogenated alkanes) is 2. The van der Waals surface area contributed by atoms with E-state index in [1.54, 1.807) is 12.1 Å². The molecule has 0 spiro atoms. The van der Waals surface area contributed by atoms with Gasteiger partial charge in [-0.05, 0) is 56.5 Å². The quantitative estimate of drug-likeness (QED) is 0.243. The van der Waals surface area contributed by atoms with Gasteiger partial charge in [-0.1, -0.05) is 24.0 Å². The van der Waals surface area contributed by atoms with E-state index in [0.717, 1.165) is 11.8 Å². The number of hydrogen-bond donors (Lipinski definition) is 0. The molecule has 1 rings (SSSR count). The Morgan fingerprint density at radius 3 is 2.58 bits per heavy atom. The summed E-state index contributed by atoms with van der Waals surface area (Å²) in [5, 5.41) is 9.06. The highest BCUT2D eigenvalue weighted by atomic mass is 32.2. The lowest BCUT2D eigenvalue weighted by atomic mass is 10.2. The molecule has 0 aromatic heterocycles. The number of thioether (sulfide) groups is 1. The highest BCUT2D eigenvalue weighted by molar-refractivity contribution is 8.24. The summed E-state index contributed by atoms with van der Waals surface area (Å²) >= 11 is 6.71. The maximum absolute atomic E-state index is 11.5. The number of benzene rings is 1. The minimum absolute atomic E-state index is 0.179. The SMILES string of the molecule is CC(C)(C#N)SC(=S)c1ccc(OCCOC(=O)CCCCC=O)cc1. The van der Waals surface area contributed by atoms with Gasteiger partial charge in [-0.25, -0.2) is 0 Å². The average Bonchev–Trinajstić information content (AvgIpc) is 2.62. The molecule has 26 heavy (non-hydrogen) atoms. The Kier molecular flexibility index (Phi) is 9.92. The van der Waals surface area contributed by atoms with Gasteiger partial charge in [-0.15, -0.1) is 0 Å². The zero-order chi connectivity index (χ0) is 19.4. The molecule has 0 unspecified atom stereocenters. The zero-order valence-corrected chi connectivity index (χ0v) is 16.7. The highest BCUT2D eigenvalue weighted by Gasteiger charge is 2.20. The van der Waals surface area contributed by atoms with Crippen LogP contribution in [0, 0.1) is 11.3 Å². The Bertz CT molecular complexity index is 650. The number of hydrogen-bond acceptors (Lipinski definition) is 7. The molecule has 1 aromatic carbocycles. The Morgan fingerprint density at radius 2 is 1.96 bits per heavy atom. The predicted molar refractivity (Wildman–Crippen MR) is 106 cm³/mol. The largest absolute Gasteiger partial charge is 0.490 e. The van der Waals surface area contributed by atoms with Crippen LogP contribution in [-0.2, 0) is 14.3 Å². The molecule has 0 bridgehead atoms. The predicted octanol–water partition coefficient (Wildman–Crippen LogP) is 4.08. The van der Waals surface area contributed by atoms with Gasteiger partial charge in [-0.2, -0.15) is 5.26 Å². The molecule has 0 heterocycles. The number of rotatable bonds is 11. The van der Waals surface area contributed by atoms with Crippen molar-refractivity contribution in [2.45, 2.75) is 44.3 Å². The monoisotopic (exact) mass is 393 g/mol. The van der Waals surface area contributed by atoms with Gasteiger partial charge in [0.05, 0.1) is 10.3 Å². The van der Waals surface area contributed by atoms with Gasteiger partial charge < -0.3 is 14.3 Å². The van der Waals surface area contributed by atoms with Gasteiger partial charge in [0.15, 0.2) is 0 Å². The molecule has 5 nitrogen and oxygen atoms in total. The van der Waals surface area contributed by atoms with Gasteiger partial charge in [0.2, 0.25) is 0 Å². The molecule has 0 saturated heterocycles. The highest BCUT2D eigenvalue weighted by Crippen LogP contribution is 2.28. The first-order chi connectivity index (χ1) is 12.4. The first-order valence-electron chi connectivity index (χ1n) is 8.34. The van der Waals surface area contributed by atoms with E-state index in [-0.39, 0.29) is 19.2 Å². The van der Waals surface area contributed by atoms with Crippen LogP contribution in [0.25, 0.3) is 0 Å². The minimum atomic E-state index is -0.566. The van der Waals surface area contributed by atoms with Crippen molar-refractivity contribution in [1.82, 2.24) is 0 Å². The lowest BCUT2D eigenvalue weighted by molar-refractivity contribution is -0.144. The number of esters is 1. The van der Waals surface area contributed by atoms with Crippen molar-refractivity contribution >= 4 is 40.4 Å². The van der Waals surface area contributed by atoms with Gasteiger partial charge in [-0.3, -0.25) is 4.79 Å². The molecule has 0 amide bonds. The molecular weight excluding hydrogens is 370 g/mol. The maximum Gasteiger partial charge on any atom is 0.305 e. The van der Waals surface area contributed by atoms with E-state index in [0.29, 0.717) is 35.6 Å². The van der Waals surface area contributed by atoms with Crippen molar-refractivity contribution in [2.24, 2.45) is 0 Å². The second-order valence-electron chi connectivity index (χ2n) is 6.02. The Hall–Kier alpha value is -1.91. The smallest absolute Gasteiger partial charge is 0.305 e. The van der Waals surface area contributed by atoms with E-state index in [4.69, 9.17) is 27.0 Å². The van der Waals surface area contributed by atoms with Crippen LogP contribution in [0.5, 0.6) is 5.75 Å². The van der Waals surface area contributed by atoms with Crippen LogP contribution >= 0.6 is 24.0 Å². The minimum Gasteiger partial charge on any atom is -0.490 e. The fraction of sp³-hybridized carbons (Fsp3) is 0.474. The zero-order valence-electron chi connectivity index (χ0n) is 15.0. The molecule has 0 atom stereocenters. The summed E-state index contributed by atoms with van der Waals surface area (Å²) in [5.74, 6) is 0.375. The summed E-state index contributed by atoms with van der Waals surface area (Å²) in [6, 6.07) is 9.49. The normalized spacial score (nSPS) is 10.7. The van der Waals surface area contributed by atoms with Crippen molar-refractivity contribution < 1.29 is 19.1 Å². The standard InChI is InChI=1S/C19H23NO4S2/c1-19(2,14-20)26-18(25)15-7-9-16(10-8-15)23-12-13-24-17(22)6-4-3-5-11-21/h7-11H,3-6,12-13H2,1-2H3. The summed E-state index contributed by atoms with van der Waals surface area (Å²) in [4.78, 5) is 21.6. The second-order valence-corrected chi connectivity index (χ2v) is 8.32. The van der Waals surface area contributed by atoms with Crippen molar-refractivity contribution in [3.63, 3.8) is 0 Å². The van der Waals surface area contributed by atoms with Crippen LogP contribution in [0.4, 0.5) is 0 Å². The topological polar surface area (TPSA) is 76.4 Å². The van der Waals surface area contributed by atoms with E-state index in [1.807, 2.05) is 26.0 Å². The number of thiocarbonyl (C=S) groups is 1. The summed E-state index contributed by atoms with van der Waals surface area (Å²) in [5.41, 5.74) is 0.863. The molecule has 0 fully saturated rings. The Labute approximate surface area is 164 Å². The van der Waals surface area contributed by atoms with Crippen molar-refractivity contribution in [3.8, 4) is 11.8 Å². The number of nitrogens with zero attached hydrogens (tertiary/aromatic N) is 1. The molecule has 0 aliphatic rings. The van der Waals surface area contributed by atoms with Crippen molar-refractivity contribution in [2.75, 3.05) is 13.2 Å². The number of aldehydes is 1. The number of ether oxygens (including phenoxy) is 2. The third kappa shape index (κ3) is 8.97. The molecule has 140 valence electrons. The van der Waals surface area contributed by atoms with Crippen molar-refractivity contribution in [1.29, 1.82) is 5.26 Å². The molecule has 0 radical (unpaired) electrons. The molecule has 1 aromatic rings. The van der Waals surface area contributed by atoms with Gasteiger partial charge in [0, 0.05) is 12.8 Å². The van der Waals surface area contributed by atoms with E-state index in [9.17, 15) is 9.59 Å². The fourth-order valence-corrected chi connectivity index (χ4v) is 3.41. The van der Waals surface area contributed by atoms with E-state index in [1.165, 1.54) is 11.8 Å². The first-order valence-corrected chi connectivity index (χ1v) is 9.57. The Morgan fingerprint density at radius 1 is 1.27 bits per heavy atom. The third-order valence-electron chi connectivity index (χ3n) is 3.28. The average molecular weight is 394 g/mol. The van der Waals surface area contributed by atoms with E-state index in [2.05, 4.69) is 6.07 Å². The molecule has 7 heteroatoms. The van der Waals surface area contributed by atoms with Crippen LogP contribution in [0.15, 0.2) is 24.3 Å². The third-order valence-corrected chi connectivity index (χ3v) is 4.78. The molecule has 0 aliphatic heterocycles. The van der Waals surface area contributed by atoms with Gasteiger partial charge >= 0.3 is 5.97 Å². The van der Waals surface area contributed by atoms with Crippen LogP contribution in [-0.4, -0.2) is 34.4 Å². The fourth-order valence-electron chi connectivity index (χ4n) is 1.88. The van der Waals surface area contributed by atoms with Crippen LogP contribution in [0.1, 0.15) is 45.1 Å². The Balaban J connectivity index is 2.31.